The van der Waals surface area contributed by atoms with E-state index in [0.29, 0.717) is 0 Å². The number of rotatable bonds is 2. The fourth-order valence-corrected chi connectivity index (χ4v) is 7.09. The molecule has 0 unspecified atom stereocenters. The van der Waals surface area contributed by atoms with Gasteiger partial charge in [0.2, 0.25) is 16.2 Å². The van der Waals surface area contributed by atoms with E-state index in [2.05, 4.69) is 114 Å². The summed E-state index contributed by atoms with van der Waals surface area (Å²) >= 11 is 3.68. The van der Waals surface area contributed by atoms with Crippen LogP contribution in [0.5, 0.6) is 0 Å². The van der Waals surface area contributed by atoms with Crippen molar-refractivity contribution in [3.63, 3.8) is 0 Å². The molecule has 0 bridgehead atoms. The summed E-state index contributed by atoms with van der Waals surface area (Å²) in [6, 6.07) is 35.2. The third-order valence-electron chi connectivity index (χ3n) is 6.54. The van der Waals surface area contributed by atoms with Crippen molar-refractivity contribution in [3.8, 4) is 22.3 Å². The molecule has 0 radical (unpaired) electrons. The molecule has 2 heterocycles. The Labute approximate surface area is 200 Å². The van der Waals surface area contributed by atoms with Crippen molar-refractivity contribution in [2.75, 3.05) is 0 Å². The summed E-state index contributed by atoms with van der Waals surface area (Å²) in [4.78, 5) is 1.37. The van der Waals surface area contributed by atoms with E-state index >= 15 is 0 Å². The summed E-state index contributed by atoms with van der Waals surface area (Å²) < 4.78 is 1.37. The van der Waals surface area contributed by atoms with Crippen molar-refractivity contribution in [2.45, 2.75) is 4.90 Å². The molecule has 2 aromatic rings. The van der Waals surface area contributed by atoms with Gasteiger partial charge in [-0.05, 0) is 45.3 Å². The highest BCUT2D eigenvalue weighted by Crippen LogP contribution is 2.45. The Morgan fingerprint density at radius 2 is 1.30 bits per heavy atom. The lowest BCUT2D eigenvalue weighted by Gasteiger charge is -2.11. The van der Waals surface area contributed by atoms with Crippen molar-refractivity contribution in [1.82, 2.24) is 0 Å². The van der Waals surface area contributed by atoms with Gasteiger partial charge >= 0.3 is 0 Å². The maximum absolute atomic E-state index is 2.30. The number of fused-ring (bicyclic) bond motifs is 6. The molecule has 1 aliphatic heterocycles. The van der Waals surface area contributed by atoms with E-state index in [1.807, 2.05) is 22.7 Å². The standard InChI is InChI=1S/C31H19S2/c1-4-10-20(11-5-1)27(28-21-12-6-2-8-14-23(21)30-25(28)16-18-32-30)29-22-13-7-3-9-15-24(22)31-26(29)17-19-33-31/h1-19H/q+1. The van der Waals surface area contributed by atoms with Crippen LogP contribution < -0.4 is 10.4 Å². The van der Waals surface area contributed by atoms with E-state index in [1.165, 1.54) is 64.4 Å². The third kappa shape index (κ3) is 2.78. The molecule has 0 saturated heterocycles. The molecule has 0 atom stereocenters. The smallest absolute Gasteiger partial charge is 0.143 e. The molecule has 154 valence electrons. The summed E-state index contributed by atoms with van der Waals surface area (Å²) in [6.07, 6.45) is 2.30. The second kappa shape index (κ2) is 7.48. The Morgan fingerprint density at radius 1 is 0.636 bits per heavy atom. The van der Waals surface area contributed by atoms with E-state index in [9.17, 15) is 0 Å². The molecule has 0 spiro atoms. The molecule has 0 N–H and O–H groups in total. The van der Waals surface area contributed by atoms with Gasteiger partial charge in [0, 0.05) is 32.5 Å². The van der Waals surface area contributed by atoms with Gasteiger partial charge in [-0.15, -0.1) is 11.3 Å². The lowest BCUT2D eigenvalue weighted by atomic mass is 9.91. The predicted molar refractivity (Wildman–Crippen MR) is 145 cm³/mol. The molecular formula is C31H19S2+. The first-order chi connectivity index (χ1) is 16.4. The van der Waals surface area contributed by atoms with Crippen LogP contribution in [0, 0.1) is 0 Å². The van der Waals surface area contributed by atoms with Crippen LogP contribution in [-0.2, 0) is 11.4 Å². The van der Waals surface area contributed by atoms with Gasteiger partial charge in [0.15, 0.2) is 5.37 Å². The zero-order valence-corrected chi connectivity index (χ0v) is 19.4. The lowest BCUT2D eigenvalue weighted by molar-refractivity contribution is 1.46. The Bertz CT molecular complexity index is 1750. The minimum atomic E-state index is 1.26. The highest BCUT2D eigenvalue weighted by atomic mass is 32.1. The van der Waals surface area contributed by atoms with Crippen molar-refractivity contribution < 1.29 is 0 Å². The molecule has 1 aromatic carbocycles. The molecular weight excluding hydrogens is 436 g/mol. The molecule has 0 saturated carbocycles. The SMILES string of the molecule is C1=[S+]c2c3cccccc-3/c(=C(\c3ccccc3)c3c4cccccc-4c4sccc34)c2=C1. The Kier molecular flexibility index (Phi) is 4.29. The van der Waals surface area contributed by atoms with E-state index in [1.54, 1.807) is 0 Å². The zero-order valence-electron chi connectivity index (χ0n) is 17.8. The number of thiophene rings is 1. The minimum absolute atomic E-state index is 1.26. The van der Waals surface area contributed by atoms with Gasteiger partial charge < -0.3 is 0 Å². The maximum Gasteiger partial charge on any atom is 0.246 e. The van der Waals surface area contributed by atoms with Gasteiger partial charge in [0.1, 0.15) is 0 Å². The van der Waals surface area contributed by atoms with Crippen LogP contribution in [0.2, 0.25) is 0 Å². The van der Waals surface area contributed by atoms with Crippen molar-refractivity contribution in [1.29, 1.82) is 0 Å². The molecule has 5 aliphatic rings. The van der Waals surface area contributed by atoms with Crippen LogP contribution in [0.3, 0.4) is 0 Å². The molecule has 0 amide bonds. The largest absolute Gasteiger partial charge is 0.246 e. The first-order valence-electron chi connectivity index (χ1n) is 11.1. The van der Waals surface area contributed by atoms with Gasteiger partial charge in [-0.3, -0.25) is 0 Å². The average Bonchev–Trinajstić information content (AvgIpc) is 3.53. The van der Waals surface area contributed by atoms with Gasteiger partial charge in [-0.2, -0.15) is 0 Å². The predicted octanol–water partition coefficient (Wildman–Crippen LogP) is 6.40. The second-order valence-electron chi connectivity index (χ2n) is 8.29. The molecule has 0 fully saturated rings. The first kappa shape index (κ1) is 18.9. The van der Waals surface area contributed by atoms with Gasteiger partial charge in [0.25, 0.3) is 0 Å². The van der Waals surface area contributed by atoms with E-state index in [0.717, 1.165) is 0 Å². The van der Waals surface area contributed by atoms with Crippen molar-refractivity contribution in [2.24, 2.45) is 0 Å². The molecule has 33 heavy (non-hydrogen) atoms. The van der Waals surface area contributed by atoms with E-state index in [-0.39, 0.29) is 0 Å². The second-order valence-corrected chi connectivity index (χ2v) is 10.1. The van der Waals surface area contributed by atoms with Crippen molar-refractivity contribution >= 4 is 49.8 Å². The summed E-state index contributed by atoms with van der Waals surface area (Å²) in [5, 5.41) is 8.49. The highest BCUT2D eigenvalue weighted by Gasteiger charge is 2.29. The van der Waals surface area contributed by atoms with Gasteiger partial charge in [0.05, 0.1) is 5.22 Å². The molecule has 0 nitrogen and oxygen atoms in total. The highest BCUT2D eigenvalue weighted by molar-refractivity contribution is 7.78. The minimum Gasteiger partial charge on any atom is -0.143 e. The van der Waals surface area contributed by atoms with Crippen LogP contribution >= 0.6 is 11.3 Å². The van der Waals surface area contributed by atoms with Crippen LogP contribution in [0.25, 0.3) is 44.0 Å². The fraction of sp³-hybridized carbons (Fsp3) is 0. The van der Waals surface area contributed by atoms with Crippen molar-refractivity contribution in [3.05, 3.63) is 124 Å². The normalized spacial score (nSPS) is 13.5. The number of hydrogen-bond acceptors (Lipinski definition) is 1. The lowest BCUT2D eigenvalue weighted by Crippen LogP contribution is -2.25. The summed E-state index contributed by atoms with van der Waals surface area (Å²) in [7, 11) is 0. The van der Waals surface area contributed by atoms with Crippen LogP contribution in [0.1, 0.15) is 11.1 Å². The zero-order chi connectivity index (χ0) is 21.8. The molecule has 2 heteroatoms. The maximum atomic E-state index is 2.30. The van der Waals surface area contributed by atoms with Crippen LogP contribution in [-0.4, -0.2) is 5.37 Å². The van der Waals surface area contributed by atoms with Gasteiger partial charge in [-0.1, -0.05) is 84.9 Å². The number of benzene rings is 1. The van der Waals surface area contributed by atoms with E-state index in [4.69, 9.17) is 0 Å². The topological polar surface area (TPSA) is 0 Å². The van der Waals surface area contributed by atoms with Crippen LogP contribution in [0.15, 0.2) is 107 Å². The molecule has 1 aromatic heterocycles. The summed E-state index contributed by atoms with van der Waals surface area (Å²) in [6.45, 7) is 0. The van der Waals surface area contributed by atoms with Crippen LogP contribution in [0.4, 0.5) is 0 Å². The molecule has 7 rings (SSSR count). The van der Waals surface area contributed by atoms with Gasteiger partial charge in [-0.25, -0.2) is 0 Å². The average molecular weight is 456 g/mol. The summed E-state index contributed by atoms with van der Waals surface area (Å²) in [5.41, 5.74) is 9.22. The quantitative estimate of drug-likeness (QED) is 0.209. The number of hydrogen-bond donors (Lipinski definition) is 0. The summed E-state index contributed by atoms with van der Waals surface area (Å²) in [5.74, 6) is 0. The van der Waals surface area contributed by atoms with E-state index < -0.39 is 0 Å². The Hall–Kier alpha value is -3.59. The fourth-order valence-electron chi connectivity index (χ4n) is 5.20. The Morgan fingerprint density at radius 3 is 2.09 bits per heavy atom. The monoisotopic (exact) mass is 455 g/mol. The Balaban J connectivity index is 1.77. The third-order valence-corrected chi connectivity index (χ3v) is 8.43. The first-order valence-corrected chi connectivity index (χ1v) is 12.9. The molecule has 4 aliphatic carbocycles.